The summed E-state index contributed by atoms with van der Waals surface area (Å²) < 4.78 is 19.8. The van der Waals surface area contributed by atoms with E-state index < -0.39 is 17.3 Å². The van der Waals surface area contributed by atoms with Crippen LogP contribution in [0.5, 0.6) is 11.8 Å². The molecule has 0 atom stereocenters. The van der Waals surface area contributed by atoms with Crippen LogP contribution in [0.2, 0.25) is 0 Å². The molecule has 0 bridgehead atoms. The third kappa shape index (κ3) is 2.22. The van der Waals surface area contributed by atoms with Crippen LogP contribution in [0.15, 0.2) is 24.5 Å². The third-order valence-corrected chi connectivity index (χ3v) is 1.97. The molecule has 0 fully saturated rings. The van der Waals surface area contributed by atoms with Crippen molar-refractivity contribution in [2.24, 2.45) is 7.05 Å². The van der Waals surface area contributed by atoms with Crippen molar-refractivity contribution in [2.45, 2.75) is 0 Å². The fourth-order valence-corrected chi connectivity index (χ4v) is 1.26. The summed E-state index contributed by atoms with van der Waals surface area (Å²) >= 11 is 0. The molecule has 2 aromatic rings. The summed E-state index contributed by atoms with van der Waals surface area (Å²) in [7, 11) is 1.63. The van der Waals surface area contributed by atoms with Crippen molar-refractivity contribution >= 4 is 5.97 Å². The molecule has 17 heavy (non-hydrogen) atoms. The number of halogens is 1. The average molecular weight is 237 g/mol. The minimum Gasteiger partial charge on any atom is -0.477 e. The van der Waals surface area contributed by atoms with E-state index in [4.69, 9.17) is 9.84 Å². The number of hydrogen-bond acceptors (Lipinski definition) is 4. The van der Waals surface area contributed by atoms with Gasteiger partial charge in [0.25, 0.3) is 0 Å². The van der Waals surface area contributed by atoms with E-state index in [9.17, 15) is 9.18 Å². The van der Waals surface area contributed by atoms with Gasteiger partial charge in [-0.15, -0.1) is 5.10 Å². The molecule has 0 aliphatic rings. The van der Waals surface area contributed by atoms with Gasteiger partial charge in [-0.25, -0.2) is 9.18 Å². The summed E-state index contributed by atoms with van der Waals surface area (Å²) in [6.07, 6.45) is 1.38. The number of ether oxygens (including phenoxy) is 1. The van der Waals surface area contributed by atoms with Crippen molar-refractivity contribution in [3.8, 4) is 11.8 Å². The fourth-order valence-electron chi connectivity index (χ4n) is 1.26. The molecule has 0 amide bonds. The van der Waals surface area contributed by atoms with Gasteiger partial charge in [-0.2, -0.15) is 4.98 Å². The molecule has 0 aliphatic heterocycles. The number of carbonyl (C=O) groups is 1. The van der Waals surface area contributed by atoms with Crippen LogP contribution in [0.4, 0.5) is 4.39 Å². The van der Waals surface area contributed by atoms with Crippen LogP contribution in [0, 0.1) is 5.82 Å². The number of hydrogen-bond donors (Lipinski definition) is 1. The quantitative estimate of drug-likeness (QED) is 0.874. The molecule has 0 spiro atoms. The van der Waals surface area contributed by atoms with Crippen LogP contribution in [0.25, 0.3) is 0 Å². The lowest BCUT2D eigenvalue weighted by Gasteiger charge is -2.05. The molecule has 2 rings (SSSR count). The van der Waals surface area contributed by atoms with Gasteiger partial charge in [0, 0.05) is 7.05 Å². The van der Waals surface area contributed by atoms with Gasteiger partial charge in [0.15, 0.2) is 0 Å². The van der Waals surface area contributed by atoms with Gasteiger partial charge < -0.3 is 9.84 Å². The van der Waals surface area contributed by atoms with Gasteiger partial charge in [0.2, 0.25) is 0 Å². The number of aromatic carboxylic acids is 1. The highest BCUT2D eigenvalue weighted by molar-refractivity contribution is 5.91. The van der Waals surface area contributed by atoms with Crippen molar-refractivity contribution in [3.05, 3.63) is 35.9 Å². The molecule has 0 unspecified atom stereocenters. The molecular weight excluding hydrogens is 229 g/mol. The topological polar surface area (TPSA) is 77.2 Å². The second kappa shape index (κ2) is 4.20. The minimum atomic E-state index is -1.41. The smallest absolute Gasteiger partial charge is 0.342 e. The summed E-state index contributed by atoms with van der Waals surface area (Å²) in [5.74, 6) is -2.41. The van der Waals surface area contributed by atoms with E-state index in [1.165, 1.54) is 23.1 Å². The van der Waals surface area contributed by atoms with Crippen LogP contribution in [-0.4, -0.2) is 25.8 Å². The Morgan fingerprint density at radius 3 is 2.88 bits per heavy atom. The first-order chi connectivity index (χ1) is 8.08. The molecular formula is C10H8FN3O3. The van der Waals surface area contributed by atoms with Gasteiger partial charge in [-0.05, 0) is 12.1 Å². The Labute approximate surface area is 95.3 Å². The van der Waals surface area contributed by atoms with Crippen LogP contribution in [0.1, 0.15) is 10.4 Å². The molecule has 0 radical (unpaired) electrons. The molecule has 88 valence electrons. The van der Waals surface area contributed by atoms with Gasteiger partial charge in [-0.3, -0.25) is 4.68 Å². The average Bonchev–Trinajstić information content (AvgIpc) is 2.63. The summed E-state index contributed by atoms with van der Waals surface area (Å²) in [6, 6.07) is 3.69. The third-order valence-electron chi connectivity index (χ3n) is 1.97. The maximum absolute atomic E-state index is 13.3. The van der Waals surface area contributed by atoms with Gasteiger partial charge >= 0.3 is 12.0 Å². The second-order valence-electron chi connectivity index (χ2n) is 3.22. The fraction of sp³-hybridized carbons (Fsp3) is 0.100. The van der Waals surface area contributed by atoms with Gasteiger partial charge in [0.1, 0.15) is 23.5 Å². The Bertz CT molecular complexity index is 568. The first-order valence-corrected chi connectivity index (χ1v) is 4.63. The normalized spacial score (nSPS) is 10.2. The van der Waals surface area contributed by atoms with Crippen LogP contribution in [-0.2, 0) is 7.05 Å². The molecule has 6 nitrogen and oxygen atoms in total. The maximum Gasteiger partial charge on any atom is 0.342 e. The highest BCUT2D eigenvalue weighted by Crippen LogP contribution is 2.24. The van der Waals surface area contributed by atoms with E-state index in [2.05, 4.69) is 10.1 Å². The van der Waals surface area contributed by atoms with Crippen molar-refractivity contribution in [1.82, 2.24) is 14.8 Å². The predicted molar refractivity (Wildman–Crippen MR) is 54.4 cm³/mol. The number of nitrogens with zero attached hydrogens (tertiary/aromatic N) is 3. The van der Waals surface area contributed by atoms with Crippen LogP contribution < -0.4 is 4.74 Å². The molecule has 1 aromatic heterocycles. The van der Waals surface area contributed by atoms with Crippen molar-refractivity contribution in [3.63, 3.8) is 0 Å². The molecule has 1 aromatic carbocycles. The van der Waals surface area contributed by atoms with Crippen LogP contribution in [0.3, 0.4) is 0 Å². The zero-order valence-corrected chi connectivity index (χ0v) is 8.79. The first-order valence-electron chi connectivity index (χ1n) is 4.63. The second-order valence-corrected chi connectivity index (χ2v) is 3.22. The SMILES string of the molecule is Cn1cnc(Oc2cccc(F)c2C(=O)O)n1. The highest BCUT2D eigenvalue weighted by Gasteiger charge is 2.18. The number of carboxylic acids is 1. The molecule has 0 saturated carbocycles. The van der Waals surface area contributed by atoms with E-state index in [-0.39, 0.29) is 11.8 Å². The number of benzene rings is 1. The molecule has 0 aliphatic carbocycles. The Hall–Kier alpha value is -2.44. The lowest BCUT2D eigenvalue weighted by molar-refractivity contribution is 0.0689. The minimum absolute atomic E-state index is 0.0411. The van der Waals surface area contributed by atoms with E-state index in [0.717, 1.165) is 6.07 Å². The van der Waals surface area contributed by atoms with E-state index in [1.54, 1.807) is 7.05 Å². The lowest BCUT2D eigenvalue weighted by Crippen LogP contribution is -2.04. The van der Waals surface area contributed by atoms with E-state index in [0.29, 0.717) is 0 Å². The summed E-state index contributed by atoms with van der Waals surface area (Å²) in [5.41, 5.74) is -0.542. The molecule has 0 saturated heterocycles. The number of aryl methyl sites for hydroxylation is 1. The largest absolute Gasteiger partial charge is 0.477 e. The number of aromatic nitrogens is 3. The van der Waals surface area contributed by atoms with Gasteiger partial charge in [-0.1, -0.05) is 6.07 Å². The zero-order valence-electron chi connectivity index (χ0n) is 8.79. The Kier molecular flexibility index (Phi) is 2.73. The van der Waals surface area contributed by atoms with Crippen LogP contribution >= 0.6 is 0 Å². The van der Waals surface area contributed by atoms with Crippen molar-refractivity contribution in [2.75, 3.05) is 0 Å². The molecule has 1 N–H and O–H groups in total. The summed E-state index contributed by atoms with van der Waals surface area (Å²) in [5, 5.41) is 12.7. The van der Waals surface area contributed by atoms with Crippen molar-refractivity contribution < 1.29 is 19.0 Å². The van der Waals surface area contributed by atoms with Crippen molar-refractivity contribution in [1.29, 1.82) is 0 Å². The number of carboxylic acid groups (broad SMARTS) is 1. The Morgan fingerprint density at radius 2 is 2.29 bits per heavy atom. The highest BCUT2D eigenvalue weighted by atomic mass is 19.1. The first kappa shape index (κ1) is 11.1. The summed E-state index contributed by atoms with van der Waals surface area (Å²) in [6.45, 7) is 0. The van der Waals surface area contributed by atoms with E-state index in [1.807, 2.05) is 0 Å². The molecule has 1 heterocycles. The predicted octanol–water partition coefficient (Wildman–Crippen LogP) is 1.44. The van der Waals surface area contributed by atoms with E-state index >= 15 is 0 Å². The van der Waals surface area contributed by atoms with Gasteiger partial charge in [0.05, 0.1) is 0 Å². The summed E-state index contributed by atoms with van der Waals surface area (Å²) in [4.78, 5) is 14.6. The zero-order chi connectivity index (χ0) is 12.4. The monoisotopic (exact) mass is 237 g/mol. The maximum atomic E-state index is 13.3. The Balaban J connectivity index is 2.39. The number of rotatable bonds is 3. The Morgan fingerprint density at radius 1 is 1.53 bits per heavy atom. The molecule has 7 heteroatoms. The standard InChI is InChI=1S/C10H8FN3O3/c1-14-5-12-10(13-14)17-7-4-2-3-6(11)8(7)9(15)16/h2-5H,1H3,(H,15,16). The lowest BCUT2D eigenvalue weighted by atomic mass is 10.2.